The standard InChI is InChI=1S/C18H26BrClN4O3S/c1-3-4-11-27-12-5-10-23-28(25,26)24-15(2)21-14-22-18(20)13-16-6-8-17(19)9-7-16/h6-9,14,23-24H,2-5,10-13H2,1H3. The molecule has 0 radical (unpaired) electrons. The van der Waals surface area contributed by atoms with Gasteiger partial charge < -0.3 is 4.74 Å². The molecule has 0 saturated heterocycles. The first-order chi connectivity index (χ1) is 13.3. The van der Waals surface area contributed by atoms with E-state index in [-0.39, 0.29) is 12.4 Å². The minimum Gasteiger partial charge on any atom is -0.381 e. The van der Waals surface area contributed by atoms with E-state index in [4.69, 9.17) is 16.3 Å². The van der Waals surface area contributed by atoms with Crippen molar-refractivity contribution in [2.24, 2.45) is 9.98 Å². The predicted molar refractivity (Wildman–Crippen MR) is 119 cm³/mol. The molecule has 2 N–H and O–H groups in total. The predicted octanol–water partition coefficient (Wildman–Crippen LogP) is 3.76. The molecule has 0 fully saturated rings. The Morgan fingerprint density at radius 1 is 1.29 bits per heavy atom. The van der Waals surface area contributed by atoms with Gasteiger partial charge in [0.25, 0.3) is 10.2 Å². The van der Waals surface area contributed by atoms with E-state index in [1.165, 1.54) is 0 Å². The molecule has 7 nitrogen and oxygen atoms in total. The van der Waals surface area contributed by atoms with Crippen LogP contribution in [0.3, 0.4) is 0 Å². The molecule has 0 heterocycles. The van der Waals surface area contributed by atoms with Crippen molar-refractivity contribution in [3.8, 4) is 0 Å². The number of hydrogen-bond acceptors (Lipinski definition) is 4. The largest absolute Gasteiger partial charge is 0.381 e. The summed E-state index contributed by atoms with van der Waals surface area (Å²) >= 11 is 9.42. The summed E-state index contributed by atoms with van der Waals surface area (Å²) in [5.41, 5.74) is 0.993. The number of benzene rings is 1. The molecule has 0 aliphatic carbocycles. The Labute approximate surface area is 180 Å². The third-order valence-corrected chi connectivity index (χ3v) is 5.17. The molecule has 1 rings (SSSR count). The Kier molecular flexibility index (Phi) is 12.2. The van der Waals surface area contributed by atoms with Gasteiger partial charge in [-0.3, -0.25) is 4.72 Å². The first-order valence-corrected chi connectivity index (χ1v) is 11.5. The molecule has 28 heavy (non-hydrogen) atoms. The smallest absolute Gasteiger partial charge is 0.300 e. The summed E-state index contributed by atoms with van der Waals surface area (Å²) in [6.45, 7) is 7.08. The van der Waals surface area contributed by atoms with Crippen LogP contribution >= 0.6 is 27.5 Å². The molecule has 0 aliphatic rings. The van der Waals surface area contributed by atoms with Gasteiger partial charge >= 0.3 is 0 Å². The first kappa shape index (κ1) is 24.8. The molecule has 0 aromatic heterocycles. The lowest BCUT2D eigenvalue weighted by molar-refractivity contribution is 0.130. The summed E-state index contributed by atoms with van der Waals surface area (Å²) in [4.78, 5) is 7.80. The van der Waals surface area contributed by atoms with Crippen LogP contribution in [0.4, 0.5) is 0 Å². The van der Waals surface area contributed by atoms with E-state index in [2.05, 4.69) is 48.9 Å². The van der Waals surface area contributed by atoms with E-state index in [1.54, 1.807) is 0 Å². The van der Waals surface area contributed by atoms with Gasteiger partial charge in [0.15, 0.2) is 0 Å². The normalized spacial score (nSPS) is 12.5. The number of ether oxygens (including phenoxy) is 1. The number of hydrogen-bond donors (Lipinski definition) is 2. The van der Waals surface area contributed by atoms with Gasteiger partial charge in [0, 0.05) is 30.7 Å². The second-order valence-corrected chi connectivity index (χ2v) is 8.67. The molecule has 0 bridgehead atoms. The van der Waals surface area contributed by atoms with Crippen molar-refractivity contribution in [3.05, 3.63) is 46.7 Å². The lowest BCUT2D eigenvalue weighted by Gasteiger charge is -2.08. The number of nitrogens with zero attached hydrogens (tertiary/aromatic N) is 2. The summed E-state index contributed by atoms with van der Waals surface area (Å²) in [6, 6.07) is 7.67. The van der Waals surface area contributed by atoms with Crippen molar-refractivity contribution >= 4 is 49.2 Å². The van der Waals surface area contributed by atoms with Crippen LogP contribution in [0, 0.1) is 0 Å². The maximum atomic E-state index is 11.9. The molecule has 0 unspecified atom stereocenters. The molecule has 1 aromatic rings. The van der Waals surface area contributed by atoms with Gasteiger partial charge in [-0.15, -0.1) is 0 Å². The van der Waals surface area contributed by atoms with Crippen molar-refractivity contribution in [3.63, 3.8) is 0 Å². The minimum absolute atomic E-state index is 0.0662. The van der Waals surface area contributed by atoms with E-state index >= 15 is 0 Å². The van der Waals surface area contributed by atoms with Gasteiger partial charge in [-0.25, -0.2) is 9.98 Å². The van der Waals surface area contributed by atoms with Crippen molar-refractivity contribution in [2.75, 3.05) is 19.8 Å². The zero-order valence-electron chi connectivity index (χ0n) is 15.8. The Bertz CT molecular complexity index is 768. The lowest BCUT2D eigenvalue weighted by Crippen LogP contribution is -2.36. The molecule has 0 spiro atoms. The zero-order valence-corrected chi connectivity index (χ0v) is 19.0. The summed E-state index contributed by atoms with van der Waals surface area (Å²) < 4.78 is 34.7. The molecule has 0 saturated carbocycles. The Hall–Kier alpha value is -1.26. The van der Waals surface area contributed by atoms with Gasteiger partial charge in [0.2, 0.25) is 0 Å². The fraction of sp³-hybridized carbons (Fsp3) is 0.444. The van der Waals surface area contributed by atoms with Gasteiger partial charge in [0.05, 0.1) is 0 Å². The van der Waals surface area contributed by atoms with E-state index < -0.39 is 10.2 Å². The van der Waals surface area contributed by atoms with E-state index in [0.717, 1.165) is 29.2 Å². The van der Waals surface area contributed by atoms with Crippen molar-refractivity contribution in [2.45, 2.75) is 32.6 Å². The minimum atomic E-state index is -3.74. The van der Waals surface area contributed by atoms with Gasteiger partial charge in [-0.1, -0.05) is 59.6 Å². The fourth-order valence-corrected chi connectivity index (χ4v) is 3.23. The van der Waals surface area contributed by atoms with Crippen LogP contribution in [0.5, 0.6) is 0 Å². The Balaban J connectivity index is 2.33. The van der Waals surface area contributed by atoms with Crippen LogP contribution in [0.1, 0.15) is 31.7 Å². The average Bonchev–Trinajstić information content (AvgIpc) is 2.62. The van der Waals surface area contributed by atoms with Gasteiger partial charge in [-0.05, 0) is 30.5 Å². The fourth-order valence-electron chi connectivity index (χ4n) is 1.92. The zero-order chi connectivity index (χ0) is 20.8. The quantitative estimate of drug-likeness (QED) is 0.235. The van der Waals surface area contributed by atoms with E-state index in [1.807, 2.05) is 24.3 Å². The maximum absolute atomic E-state index is 11.9. The molecule has 0 atom stereocenters. The van der Waals surface area contributed by atoms with E-state index in [9.17, 15) is 8.42 Å². The summed E-state index contributed by atoms with van der Waals surface area (Å²) in [5.74, 6) is -0.0662. The van der Waals surface area contributed by atoms with E-state index in [0.29, 0.717) is 31.2 Å². The highest BCUT2D eigenvalue weighted by molar-refractivity contribution is 9.10. The average molecular weight is 494 g/mol. The number of aliphatic imine (C=N–C) groups is 2. The van der Waals surface area contributed by atoms with Crippen molar-refractivity contribution in [1.82, 2.24) is 9.44 Å². The molecule has 10 heteroatoms. The molecular formula is C18H26BrClN4O3S. The highest BCUT2D eigenvalue weighted by atomic mass is 79.9. The number of unbranched alkanes of at least 4 members (excludes halogenated alkanes) is 1. The van der Waals surface area contributed by atoms with Crippen LogP contribution in [0.15, 0.2) is 51.1 Å². The highest BCUT2D eigenvalue weighted by Gasteiger charge is 2.08. The molecule has 1 aromatic carbocycles. The van der Waals surface area contributed by atoms with Crippen LogP contribution in [0.2, 0.25) is 0 Å². The lowest BCUT2D eigenvalue weighted by atomic mass is 10.2. The second-order valence-electron chi connectivity index (χ2n) is 5.82. The molecular weight excluding hydrogens is 468 g/mol. The number of rotatable bonds is 14. The Morgan fingerprint density at radius 3 is 2.64 bits per heavy atom. The monoisotopic (exact) mass is 492 g/mol. The SMILES string of the molecule is C=C(N=CN=C(Cl)Cc1ccc(Br)cc1)NS(=O)(=O)NCCCOCCCC. The highest BCUT2D eigenvalue weighted by Crippen LogP contribution is 2.11. The number of nitrogens with one attached hydrogen (secondary N) is 2. The van der Waals surface area contributed by atoms with Crippen LogP contribution < -0.4 is 9.44 Å². The second kappa shape index (κ2) is 13.8. The van der Waals surface area contributed by atoms with Crippen LogP contribution in [0.25, 0.3) is 0 Å². The Morgan fingerprint density at radius 2 is 1.96 bits per heavy atom. The third kappa shape index (κ3) is 12.2. The van der Waals surface area contributed by atoms with Gasteiger partial charge in [0.1, 0.15) is 17.3 Å². The van der Waals surface area contributed by atoms with Crippen LogP contribution in [-0.2, 0) is 21.4 Å². The maximum Gasteiger partial charge on any atom is 0.300 e. The molecule has 0 amide bonds. The summed E-state index contributed by atoms with van der Waals surface area (Å²) in [7, 11) is -3.74. The molecule has 156 valence electrons. The first-order valence-electron chi connectivity index (χ1n) is 8.85. The third-order valence-electron chi connectivity index (χ3n) is 3.33. The summed E-state index contributed by atoms with van der Waals surface area (Å²) in [6.07, 6.45) is 4.25. The summed E-state index contributed by atoms with van der Waals surface area (Å²) in [5, 5.41) is 0.322. The number of halogens is 2. The van der Waals surface area contributed by atoms with Crippen LogP contribution in [-0.4, -0.2) is 39.7 Å². The molecule has 0 aliphatic heterocycles. The van der Waals surface area contributed by atoms with Crippen molar-refractivity contribution < 1.29 is 13.2 Å². The van der Waals surface area contributed by atoms with Crippen molar-refractivity contribution in [1.29, 1.82) is 0 Å². The van der Waals surface area contributed by atoms with Gasteiger partial charge in [-0.2, -0.15) is 13.1 Å². The topological polar surface area (TPSA) is 92.2 Å².